The first kappa shape index (κ1) is 30.8. The zero-order chi connectivity index (χ0) is 28.6. The van der Waals surface area contributed by atoms with Gasteiger partial charge >= 0.3 is 0 Å². The number of nitrogens with one attached hydrogen (secondary N) is 1. The van der Waals surface area contributed by atoms with E-state index in [2.05, 4.69) is 5.32 Å². The van der Waals surface area contributed by atoms with E-state index in [9.17, 15) is 18.0 Å². The Bertz CT molecular complexity index is 1390. The normalized spacial score (nSPS) is 12.0. The van der Waals surface area contributed by atoms with Crippen LogP contribution in [-0.4, -0.2) is 51.0 Å². The molecule has 0 saturated carbocycles. The van der Waals surface area contributed by atoms with Crippen molar-refractivity contribution in [3.63, 3.8) is 0 Å². The van der Waals surface area contributed by atoms with Crippen LogP contribution in [0.2, 0.25) is 15.1 Å². The zero-order valence-electron chi connectivity index (χ0n) is 21.6. The van der Waals surface area contributed by atoms with Gasteiger partial charge in [-0.1, -0.05) is 77.3 Å². The summed E-state index contributed by atoms with van der Waals surface area (Å²) < 4.78 is 26.3. The molecule has 1 atom stereocenters. The number of hydrogen-bond acceptors (Lipinski definition) is 4. The largest absolute Gasteiger partial charge is 0.357 e. The Kier molecular flexibility index (Phi) is 11.1. The van der Waals surface area contributed by atoms with Crippen LogP contribution in [0, 0.1) is 0 Å². The summed E-state index contributed by atoms with van der Waals surface area (Å²) in [6, 6.07) is 20.3. The number of anilines is 1. The number of rotatable bonds is 12. The molecule has 39 heavy (non-hydrogen) atoms. The Labute approximate surface area is 244 Å². The molecule has 11 heteroatoms. The molecule has 7 nitrogen and oxygen atoms in total. The molecular weight excluding hydrogens is 581 g/mol. The van der Waals surface area contributed by atoms with Gasteiger partial charge in [-0.05, 0) is 47.9 Å². The number of nitrogens with zero attached hydrogens (tertiary/aromatic N) is 2. The Hall–Kier alpha value is -2.78. The number of carbonyl (C=O) groups is 2. The summed E-state index contributed by atoms with van der Waals surface area (Å²) in [5, 5.41) is 3.79. The molecule has 0 aliphatic heterocycles. The van der Waals surface area contributed by atoms with Crippen molar-refractivity contribution in [3.8, 4) is 0 Å². The second-order valence-electron chi connectivity index (χ2n) is 9.00. The first-order valence-corrected chi connectivity index (χ1v) is 15.2. The van der Waals surface area contributed by atoms with E-state index in [0.717, 1.165) is 21.7 Å². The van der Waals surface area contributed by atoms with Gasteiger partial charge in [0.25, 0.3) is 0 Å². The van der Waals surface area contributed by atoms with Crippen LogP contribution in [0.25, 0.3) is 0 Å². The van der Waals surface area contributed by atoms with Crippen LogP contribution in [0.15, 0.2) is 72.8 Å². The van der Waals surface area contributed by atoms with E-state index in [1.807, 2.05) is 30.3 Å². The number of carbonyl (C=O) groups excluding carboxylic acids is 2. The lowest BCUT2D eigenvalue weighted by molar-refractivity contribution is -0.141. The van der Waals surface area contributed by atoms with E-state index in [0.29, 0.717) is 16.5 Å². The Balaban J connectivity index is 1.86. The van der Waals surface area contributed by atoms with Crippen LogP contribution in [-0.2, 0) is 32.6 Å². The first-order chi connectivity index (χ1) is 18.5. The summed E-state index contributed by atoms with van der Waals surface area (Å²) in [5.41, 5.74) is 1.95. The molecule has 2 amide bonds. The Morgan fingerprint density at radius 3 is 2.15 bits per heavy atom. The number of halogens is 3. The molecule has 3 aromatic carbocycles. The zero-order valence-corrected chi connectivity index (χ0v) is 24.7. The molecule has 0 heterocycles. The minimum Gasteiger partial charge on any atom is -0.357 e. The molecule has 0 saturated heterocycles. The van der Waals surface area contributed by atoms with Gasteiger partial charge in [-0.15, -0.1) is 0 Å². The molecule has 0 spiro atoms. The Morgan fingerprint density at radius 1 is 0.897 bits per heavy atom. The van der Waals surface area contributed by atoms with E-state index in [4.69, 9.17) is 34.8 Å². The van der Waals surface area contributed by atoms with Gasteiger partial charge in [0.1, 0.15) is 6.04 Å². The maximum Gasteiger partial charge on any atom is 0.242 e. The fourth-order valence-electron chi connectivity index (χ4n) is 4.17. The molecule has 0 fully saturated rings. The van der Waals surface area contributed by atoms with Crippen molar-refractivity contribution in [1.82, 2.24) is 10.2 Å². The minimum absolute atomic E-state index is 0.0000779. The van der Waals surface area contributed by atoms with Crippen LogP contribution in [0.4, 0.5) is 5.69 Å². The highest BCUT2D eigenvalue weighted by Gasteiger charge is 2.30. The Morgan fingerprint density at radius 2 is 1.54 bits per heavy atom. The van der Waals surface area contributed by atoms with Gasteiger partial charge in [0.05, 0.1) is 17.0 Å². The number of hydrogen-bond donors (Lipinski definition) is 1. The van der Waals surface area contributed by atoms with E-state index < -0.39 is 16.1 Å². The van der Waals surface area contributed by atoms with Gasteiger partial charge in [0.15, 0.2) is 0 Å². The van der Waals surface area contributed by atoms with Crippen molar-refractivity contribution in [1.29, 1.82) is 0 Å². The molecule has 1 N–H and O–H groups in total. The van der Waals surface area contributed by atoms with Crippen molar-refractivity contribution in [2.45, 2.75) is 31.8 Å². The highest BCUT2D eigenvalue weighted by molar-refractivity contribution is 7.92. The second-order valence-corrected chi connectivity index (χ2v) is 12.2. The minimum atomic E-state index is -3.71. The lowest BCUT2D eigenvalue weighted by atomic mass is 10.0. The summed E-state index contributed by atoms with van der Waals surface area (Å²) in [6.45, 7) is 0.180. The average Bonchev–Trinajstić information content (AvgIpc) is 2.90. The van der Waals surface area contributed by atoms with E-state index in [1.54, 1.807) is 30.3 Å². The summed E-state index contributed by atoms with van der Waals surface area (Å²) >= 11 is 18.4. The van der Waals surface area contributed by atoms with Gasteiger partial charge in [-0.25, -0.2) is 8.42 Å². The van der Waals surface area contributed by atoms with Crippen LogP contribution >= 0.6 is 34.8 Å². The van der Waals surface area contributed by atoms with E-state index in [-0.39, 0.29) is 48.5 Å². The molecule has 0 radical (unpaired) electrons. The van der Waals surface area contributed by atoms with Crippen molar-refractivity contribution < 1.29 is 18.0 Å². The fraction of sp³-hybridized carbons (Fsp3) is 0.286. The van der Waals surface area contributed by atoms with Crippen LogP contribution in [0.1, 0.15) is 24.0 Å². The predicted octanol–water partition coefficient (Wildman–Crippen LogP) is 5.58. The summed E-state index contributed by atoms with van der Waals surface area (Å²) in [4.78, 5) is 28.2. The number of sulfonamides is 1. The van der Waals surface area contributed by atoms with Crippen molar-refractivity contribution >= 4 is 62.3 Å². The van der Waals surface area contributed by atoms with Gasteiger partial charge in [-0.2, -0.15) is 0 Å². The topological polar surface area (TPSA) is 86.8 Å². The van der Waals surface area contributed by atoms with Crippen molar-refractivity contribution in [2.24, 2.45) is 0 Å². The maximum atomic E-state index is 13.7. The summed E-state index contributed by atoms with van der Waals surface area (Å²) in [7, 11) is -2.18. The van der Waals surface area contributed by atoms with Crippen molar-refractivity contribution in [2.75, 3.05) is 24.2 Å². The monoisotopic (exact) mass is 609 g/mol. The van der Waals surface area contributed by atoms with E-state index >= 15 is 0 Å². The van der Waals surface area contributed by atoms with Gasteiger partial charge in [0, 0.05) is 43.0 Å². The molecular formula is C28H30Cl3N3O4S. The number of amides is 2. The number of likely N-dealkylation sites (N-methyl/N-ethyl adjacent to an activating group) is 1. The summed E-state index contributed by atoms with van der Waals surface area (Å²) in [5.74, 6) is -0.593. The molecule has 0 aliphatic carbocycles. The van der Waals surface area contributed by atoms with Gasteiger partial charge < -0.3 is 10.2 Å². The molecule has 0 bridgehead atoms. The first-order valence-electron chi connectivity index (χ1n) is 12.2. The van der Waals surface area contributed by atoms with Gasteiger partial charge in [0.2, 0.25) is 21.8 Å². The molecule has 0 aromatic heterocycles. The standard InChI is InChI=1S/C28H30Cl3N3O4S/c1-32-28(36)26(17-20-7-4-3-5-8-20)33(19-21-10-12-22(29)13-11-21)27(35)9-6-16-34(39(2,37)38)25-18-23(30)14-15-24(25)31/h3-5,7-8,10-15,18,26H,6,9,16-17,19H2,1-2H3,(H,32,36)/t26-/m1/s1. The molecule has 3 aromatic rings. The maximum absolute atomic E-state index is 13.7. The smallest absolute Gasteiger partial charge is 0.242 e. The average molecular weight is 611 g/mol. The summed E-state index contributed by atoms with van der Waals surface area (Å²) in [6.07, 6.45) is 1.57. The SMILES string of the molecule is CNC(=O)[C@@H](Cc1ccccc1)N(Cc1ccc(Cl)cc1)C(=O)CCCN(c1cc(Cl)ccc1Cl)S(C)(=O)=O. The third-order valence-corrected chi connectivity index (χ3v) is 8.10. The predicted molar refractivity (Wildman–Crippen MR) is 158 cm³/mol. The molecule has 0 unspecified atom stereocenters. The quantitative estimate of drug-likeness (QED) is 0.290. The lowest BCUT2D eigenvalue weighted by Gasteiger charge is -2.31. The fourth-order valence-corrected chi connectivity index (χ4v) is 5.70. The molecule has 3 rings (SSSR count). The molecule has 208 valence electrons. The lowest BCUT2D eigenvalue weighted by Crippen LogP contribution is -2.49. The van der Waals surface area contributed by atoms with Crippen LogP contribution in [0.5, 0.6) is 0 Å². The third-order valence-electron chi connectivity index (χ3n) is 6.11. The second kappa shape index (κ2) is 14.0. The third kappa shape index (κ3) is 8.86. The number of benzene rings is 3. The van der Waals surface area contributed by atoms with E-state index in [1.165, 1.54) is 24.1 Å². The highest BCUT2D eigenvalue weighted by Crippen LogP contribution is 2.31. The molecule has 0 aliphatic rings. The van der Waals surface area contributed by atoms with Gasteiger partial charge in [-0.3, -0.25) is 13.9 Å². The van der Waals surface area contributed by atoms with Crippen LogP contribution < -0.4 is 9.62 Å². The van der Waals surface area contributed by atoms with Crippen molar-refractivity contribution in [3.05, 3.63) is 99.0 Å². The van der Waals surface area contributed by atoms with Crippen LogP contribution in [0.3, 0.4) is 0 Å². The highest BCUT2D eigenvalue weighted by atomic mass is 35.5.